The van der Waals surface area contributed by atoms with E-state index >= 15 is 0 Å². The van der Waals surface area contributed by atoms with Gasteiger partial charge in [0.25, 0.3) is 11.8 Å². The van der Waals surface area contributed by atoms with Crippen molar-refractivity contribution in [3.63, 3.8) is 0 Å². The fraction of sp³-hybridized carbons (Fsp3) is 0.200. The Bertz CT molecular complexity index is 1150. The lowest BCUT2D eigenvalue weighted by Crippen LogP contribution is -2.38. The summed E-state index contributed by atoms with van der Waals surface area (Å²) in [4.78, 5) is 27.4. The Balaban J connectivity index is 1.59. The van der Waals surface area contributed by atoms with E-state index in [1.807, 2.05) is 37.3 Å². The fourth-order valence-corrected chi connectivity index (χ4v) is 3.94. The van der Waals surface area contributed by atoms with Gasteiger partial charge in [-0.2, -0.15) is 0 Å². The predicted octanol–water partition coefficient (Wildman–Crippen LogP) is 5.95. The highest BCUT2D eigenvalue weighted by molar-refractivity contribution is 6.31. The lowest BCUT2D eigenvalue weighted by atomic mass is 10.1. The van der Waals surface area contributed by atoms with Crippen LogP contribution in [0.3, 0.4) is 0 Å². The number of carbonyl (C=O) groups excluding carboxylic acids is 2. The first-order chi connectivity index (χ1) is 15.4. The van der Waals surface area contributed by atoms with Crippen molar-refractivity contribution in [2.75, 3.05) is 5.32 Å². The van der Waals surface area contributed by atoms with E-state index in [0.717, 1.165) is 11.1 Å². The molecular formula is C25H22Cl2N2O3. The first-order valence-electron chi connectivity index (χ1n) is 10.3. The summed E-state index contributed by atoms with van der Waals surface area (Å²) in [6, 6.07) is 19.6. The molecule has 0 aromatic heterocycles. The monoisotopic (exact) mass is 468 g/mol. The molecule has 3 aromatic carbocycles. The van der Waals surface area contributed by atoms with Crippen LogP contribution < -0.4 is 10.1 Å². The number of hydrogen-bond acceptors (Lipinski definition) is 3. The number of nitrogens with one attached hydrogen (secondary N) is 1. The summed E-state index contributed by atoms with van der Waals surface area (Å²) in [6.45, 7) is 2.64. The summed E-state index contributed by atoms with van der Waals surface area (Å²) in [5, 5.41) is 4.08. The molecule has 0 bridgehead atoms. The number of hydrogen-bond donors (Lipinski definition) is 1. The third kappa shape index (κ3) is 4.90. The van der Waals surface area contributed by atoms with Gasteiger partial charge in [0.1, 0.15) is 5.75 Å². The molecule has 164 valence electrons. The van der Waals surface area contributed by atoms with E-state index in [9.17, 15) is 9.59 Å². The molecule has 0 radical (unpaired) electrons. The van der Waals surface area contributed by atoms with E-state index in [-0.39, 0.29) is 11.8 Å². The van der Waals surface area contributed by atoms with E-state index in [1.165, 1.54) is 0 Å². The third-order valence-electron chi connectivity index (χ3n) is 5.33. The topological polar surface area (TPSA) is 58.6 Å². The lowest BCUT2D eigenvalue weighted by Gasteiger charge is -2.23. The smallest absolute Gasteiger partial charge is 0.264 e. The molecule has 0 fully saturated rings. The molecule has 3 aromatic rings. The highest BCUT2D eigenvalue weighted by Crippen LogP contribution is 2.31. The van der Waals surface area contributed by atoms with Gasteiger partial charge in [-0.25, -0.2) is 0 Å². The summed E-state index contributed by atoms with van der Waals surface area (Å²) < 4.78 is 6.02. The molecule has 1 aliphatic rings. The Kier molecular flexibility index (Phi) is 6.68. The Morgan fingerprint density at radius 2 is 1.84 bits per heavy atom. The van der Waals surface area contributed by atoms with Crippen molar-refractivity contribution in [1.82, 2.24) is 4.90 Å². The van der Waals surface area contributed by atoms with Crippen LogP contribution in [0.15, 0.2) is 66.7 Å². The Labute approximate surface area is 196 Å². The highest BCUT2D eigenvalue weighted by Gasteiger charge is 2.30. The number of anilines is 1. The van der Waals surface area contributed by atoms with Gasteiger partial charge in [0, 0.05) is 39.9 Å². The Hall–Kier alpha value is -3.02. The molecule has 7 heteroatoms. The van der Waals surface area contributed by atoms with Gasteiger partial charge < -0.3 is 15.0 Å². The number of halogens is 2. The maximum Gasteiger partial charge on any atom is 0.264 e. The van der Waals surface area contributed by atoms with Crippen molar-refractivity contribution in [2.45, 2.75) is 32.5 Å². The Morgan fingerprint density at radius 3 is 2.56 bits per heavy atom. The van der Waals surface area contributed by atoms with Crippen LogP contribution in [0.4, 0.5) is 5.69 Å². The van der Waals surface area contributed by atoms with Gasteiger partial charge in [-0.1, -0.05) is 48.3 Å². The quantitative estimate of drug-likeness (QED) is 0.503. The van der Waals surface area contributed by atoms with Crippen molar-refractivity contribution in [3.8, 4) is 5.75 Å². The van der Waals surface area contributed by atoms with Crippen LogP contribution in [-0.2, 0) is 17.9 Å². The molecule has 0 saturated carbocycles. The summed E-state index contributed by atoms with van der Waals surface area (Å²) in [7, 11) is 0. The third-order valence-corrected chi connectivity index (χ3v) is 5.95. The van der Waals surface area contributed by atoms with E-state index < -0.39 is 6.10 Å². The van der Waals surface area contributed by atoms with Crippen molar-refractivity contribution in [2.24, 2.45) is 0 Å². The molecular weight excluding hydrogens is 447 g/mol. The molecule has 1 aliphatic heterocycles. The van der Waals surface area contributed by atoms with E-state index in [2.05, 4.69) is 5.32 Å². The van der Waals surface area contributed by atoms with Gasteiger partial charge in [0.15, 0.2) is 6.10 Å². The van der Waals surface area contributed by atoms with Crippen molar-refractivity contribution < 1.29 is 14.3 Å². The lowest BCUT2D eigenvalue weighted by molar-refractivity contribution is -0.139. The number of amides is 2. The second-order valence-electron chi connectivity index (χ2n) is 7.58. The number of carbonyl (C=O) groups is 2. The van der Waals surface area contributed by atoms with Gasteiger partial charge >= 0.3 is 0 Å². The molecule has 0 aliphatic carbocycles. The minimum Gasteiger partial charge on any atom is -0.480 e. The SMILES string of the molecule is CCC1Oc2ccc(NC(=O)c3ccc(Cl)cc3)cc2CN(Cc2ccccc2Cl)C1=O. The van der Waals surface area contributed by atoms with Crippen LogP contribution >= 0.6 is 23.2 Å². The van der Waals surface area contributed by atoms with Crippen LogP contribution in [0.2, 0.25) is 10.0 Å². The molecule has 0 saturated heterocycles. The van der Waals surface area contributed by atoms with Crippen molar-refractivity contribution >= 4 is 40.7 Å². The predicted molar refractivity (Wildman–Crippen MR) is 126 cm³/mol. The van der Waals surface area contributed by atoms with E-state index in [0.29, 0.717) is 46.6 Å². The van der Waals surface area contributed by atoms with Gasteiger partial charge in [0.05, 0.1) is 0 Å². The number of fused-ring (bicyclic) bond motifs is 1. The van der Waals surface area contributed by atoms with Gasteiger partial charge in [-0.05, 0) is 60.5 Å². The largest absolute Gasteiger partial charge is 0.480 e. The summed E-state index contributed by atoms with van der Waals surface area (Å²) in [6.07, 6.45) is -0.0277. The van der Waals surface area contributed by atoms with Crippen LogP contribution in [-0.4, -0.2) is 22.8 Å². The standard InChI is InChI=1S/C25H22Cl2N2O3/c1-2-22-25(31)29(14-17-5-3-4-6-21(17)27)15-18-13-20(11-12-23(18)32-22)28-24(30)16-7-9-19(26)10-8-16/h3-13,22H,2,14-15H2,1H3,(H,28,30). The molecule has 5 nitrogen and oxygen atoms in total. The van der Waals surface area contributed by atoms with Gasteiger partial charge in [-0.15, -0.1) is 0 Å². The maximum atomic E-state index is 13.1. The summed E-state index contributed by atoms with van der Waals surface area (Å²) >= 11 is 12.2. The molecule has 4 rings (SSSR count). The normalized spacial score (nSPS) is 15.5. The molecule has 32 heavy (non-hydrogen) atoms. The molecule has 0 spiro atoms. The number of rotatable bonds is 5. The second kappa shape index (κ2) is 9.63. The average molecular weight is 469 g/mol. The first-order valence-corrected chi connectivity index (χ1v) is 11.1. The zero-order chi connectivity index (χ0) is 22.7. The summed E-state index contributed by atoms with van der Waals surface area (Å²) in [5.41, 5.74) is 2.80. The number of nitrogens with zero attached hydrogens (tertiary/aromatic N) is 1. The summed E-state index contributed by atoms with van der Waals surface area (Å²) in [5.74, 6) is 0.304. The minimum absolute atomic E-state index is 0.0876. The molecule has 1 unspecified atom stereocenters. The highest BCUT2D eigenvalue weighted by atomic mass is 35.5. The van der Waals surface area contributed by atoms with Crippen LogP contribution in [0.5, 0.6) is 5.75 Å². The molecule has 1 heterocycles. The average Bonchev–Trinajstić information content (AvgIpc) is 2.92. The minimum atomic E-state index is -0.576. The van der Waals surface area contributed by atoms with Crippen molar-refractivity contribution in [1.29, 1.82) is 0 Å². The van der Waals surface area contributed by atoms with Gasteiger partial charge in [0.2, 0.25) is 0 Å². The zero-order valence-corrected chi connectivity index (χ0v) is 19.0. The molecule has 1 N–H and O–H groups in total. The van der Waals surface area contributed by atoms with E-state index in [1.54, 1.807) is 41.3 Å². The maximum absolute atomic E-state index is 13.1. The fourth-order valence-electron chi connectivity index (χ4n) is 3.62. The van der Waals surface area contributed by atoms with Crippen LogP contribution in [0, 0.1) is 0 Å². The van der Waals surface area contributed by atoms with E-state index in [4.69, 9.17) is 27.9 Å². The molecule has 2 amide bonds. The second-order valence-corrected chi connectivity index (χ2v) is 8.43. The number of benzene rings is 3. The molecule has 1 atom stereocenters. The van der Waals surface area contributed by atoms with Crippen LogP contribution in [0.1, 0.15) is 34.8 Å². The Morgan fingerprint density at radius 1 is 1.09 bits per heavy atom. The van der Waals surface area contributed by atoms with Crippen molar-refractivity contribution in [3.05, 3.63) is 93.5 Å². The first kappa shape index (κ1) is 22.2. The van der Waals surface area contributed by atoms with Gasteiger partial charge in [-0.3, -0.25) is 9.59 Å². The number of ether oxygens (including phenoxy) is 1. The van der Waals surface area contributed by atoms with Crippen LogP contribution in [0.25, 0.3) is 0 Å². The zero-order valence-electron chi connectivity index (χ0n) is 17.5.